The number of benzene rings is 1. The Morgan fingerprint density at radius 1 is 1.27 bits per heavy atom. The molecule has 138 valence electrons. The summed E-state index contributed by atoms with van der Waals surface area (Å²) in [5.74, 6) is 0.219. The zero-order chi connectivity index (χ0) is 18.5. The smallest absolute Gasteiger partial charge is 0.266 e. The number of likely N-dealkylation sites (N-methyl/N-ethyl adjacent to an activating group) is 1. The molecule has 3 aromatic rings. The number of hydrogen-bond acceptors (Lipinski definition) is 5. The van der Waals surface area contributed by atoms with Crippen molar-refractivity contribution in [1.82, 2.24) is 15.2 Å². The largest absolute Gasteiger partial charge is 0.507 e. The van der Waals surface area contributed by atoms with Crippen LogP contribution >= 0.6 is 11.3 Å². The average Bonchev–Trinajstić information content (AvgIpc) is 3.13. The highest BCUT2D eigenvalue weighted by Crippen LogP contribution is 2.33. The minimum atomic E-state index is -0.0822. The number of aromatic nitrogens is 1. The van der Waals surface area contributed by atoms with Crippen molar-refractivity contribution >= 4 is 38.4 Å². The van der Waals surface area contributed by atoms with Crippen LogP contribution in [0, 0.1) is 0 Å². The molecule has 2 heterocycles. The van der Waals surface area contributed by atoms with Crippen molar-refractivity contribution in [3.8, 4) is 5.75 Å². The lowest BCUT2D eigenvalue weighted by atomic mass is 10.0. The van der Waals surface area contributed by atoms with Gasteiger partial charge in [-0.15, -0.1) is 11.3 Å². The molecule has 2 aromatic heterocycles. The van der Waals surface area contributed by atoms with Gasteiger partial charge in [0.15, 0.2) is 0 Å². The molecular weight excluding hydrogens is 346 g/mol. The summed E-state index contributed by atoms with van der Waals surface area (Å²) in [6.45, 7) is 9.14. The van der Waals surface area contributed by atoms with E-state index in [1.165, 1.54) is 11.3 Å². The van der Waals surface area contributed by atoms with Crippen LogP contribution in [0.2, 0.25) is 0 Å². The van der Waals surface area contributed by atoms with Crippen LogP contribution in [0.15, 0.2) is 34.4 Å². The summed E-state index contributed by atoms with van der Waals surface area (Å²) in [6, 6.07) is 5.32. The fraction of sp³-hybridized carbons (Fsp3) is 0.350. The molecule has 3 N–H and O–H groups in total. The van der Waals surface area contributed by atoms with Gasteiger partial charge < -0.3 is 20.3 Å². The molecule has 0 bridgehead atoms. The lowest BCUT2D eigenvalue weighted by molar-refractivity contribution is 0.304. The molecule has 0 aliphatic rings. The Labute approximate surface area is 157 Å². The van der Waals surface area contributed by atoms with Crippen LogP contribution in [-0.2, 0) is 0 Å². The van der Waals surface area contributed by atoms with Crippen molar-refractivity contribution in [3.05, 3.63) is 45.6 Å². The molecule has 0 saturated heterocycles. The van der Waals surface area contributed by atoms with Gasteiger partial charge in [0.2, 0.25) is 0 Å². The highest BCUT2D eigenvalue weighted by molar-refractivity contribution is 7.17. The van der Waals surface area contributed by atoms with E-state index in [9.17, 15) is 9.90 Å². The lowest BCUT2D eigenvalue weighted by Gasteiger charge is -2.17. The molecule has 0 aliphatic heterocycles. The van der Waals surface area contributed by atoms with Gasteiger partial charge in [-0.3, -0.25) is 4.79 Å². The van der Waals surface area contributed by atoms with Gasteiger partial charge in [-0.25, -0.2) is 0 Å². The van der Waals surface area contributed by atoms with Crippen LogP contribution < -0.4 is 10.9 Å². The number of phenolic OH excluding ortho intramolecular Hbond substituents is 1. The van der Waals surface area contributed by atoms with E-state index in [1.54, 1.807) is 12.1 Å². The second kappa shape index (κ2) is 8.49. The molecule has 0 saturated carbocycles. The predicted octanol–water partition coefficient (Wildman–Crippen LogP) is 3.39. The first kappa shape index (κ1) is 18.6. The van der Waals surface area contributed by atoms with Gasteiger partial charge in [0.05, 0.1) is 0 Å². The maximum Gasteiger partial charge on any atom is 0.266 e. The summed E-state index contributed by atoms with van der Waals surface area (Å²) in [5.41, 5.74) is 1.40. The number of pyridine rings is 1. The first-order chi connectivity index (χ1) is 12.7. The summed E-state index contributed by atoms with van der Waals surface area (Å²) in [4.78, 5) is 17.4. The Hall–Kier alpha value is -2.15. The van der Waals surface area contributed by atoms with E-state index < -0.39 is 0 Å². The van der Waals surface area contributed by atoms with Gasteiger partial charge in [0.1, 0.15) is 10.4 Å². The van der Waals surface area contributed by atoms with Crippen LogP contribution in [0.1, 0.15) is 19.4 Å². The molecule has 1 aromatic carbocycles. The van der Waals surface area contributed by atoms with Crippen molar-refractivity contribution in [2.75, 3.05) is 32.7 Å². The number of rotatable bonds is 8. The second-order valence-electron chi connectivity index (χ2n) is 6.17. The minimum absolute atomic E-state index is 0.0822. The molecule has 0 radical (unpaired) electrons. The highest BCUT2D eigenvalue weighted by Gasteiger charge is 2.11. The van der Waals surface area contributed by atoms with E-state index >= 15 is 0 Å². The van der Waals surface area contributed by atoms with E-state index in [1.807, 2.05) is 23.6 Å². The first-order valence-electron chi connectivity index (χ1n) is 9.00. The number of aromatic hydroxyl groups is 1. The van der Waals surface area contributed by atoms with Crippen LogP contribution in [0.4, 0.5) is 0 Å². The molecule has 5 nitrogen and oxygen atoms in total. The highest BCUT2D eigenvalue weighted by atomic mass is 32.1. The van der Waals surface area contributed by atoms with Crippen LogP contribution in [-0.4, -0.2) is 47.7 Å². The number of aromatic amines is 1. The summed E-state index contributed by atoms with van der Waals surface area (Å²) < 4.78 is 0.690. The first-order valence-corrected chi connectivity index (χ1v) is 9.88. The Kier molecular flexibility index (Phi) is 6.08. The Balaban J connectivity index is 1.80. The van der Waals surface area contributed by atoms with Crippen LogP contribution in [0.25, 0.3) is 27.1 Å². The SMILES string of the molecule is CCN(CC)CCNC/C=C/c1c(O)ccc2[nH]c(=O)c3sccc3c12. The minimum Gasteiger partial charge on any atom is -0.507 e. The van der Waals surface area contributed by atoms with Crippen molar-refractivity contribution in [1.29, 1.82) is 0 Å². The molecular formula is C20H25N3O2S. The fourth-order valence-corrected chi connectivity index (χ4v) is 3.97. The maximum atomic E-state index is 12.1. The zero-order valence-corrected chi connectivity index (χ0v) is 16.0. The van der Waals surface area contributed by atoms with Gasteiger partial charge in [0.25, 0.3) is 5.56 Å². The predicted molar refractivity (Wildman–Crippen MR) is 111 cm³/mol. The molecule has 0 fully saturated rings. The topological polar surface area (TPSA) is 68.4 Å². The summed E-state index contributed by atoms with van der Waals surface area (Å²) >= 11 is 1.42. The molecule has 0 spiro atoms. The number of H-pyrrole nitrogens is 1. The molecule has 0 unspecified atom stereocenters. The van der Waals surface area contributed by atoms with Crippen LogP contribution in [0.3, 0.4) is 0 Å². The quantitative estimate of drug-likeness (QED) is 0.531. The van der Waals surface area contributed by atoms with Crippen LogP contribution in [0.5, 0.6) is 5.75 Å². The van der Waals surface area contributed by atoms with Gasteiger partial charge in [-0.1, -0.05) is 26.0 Å². The van der Waals surface area contributed by atoms with Gasteiger partial charge in [0, 0.05) is 41.5 Å². The van der Waals surface area contributed by atoms with E-state index in [4.69, 9.17) is 0 Å². The van der Waals surface area contributed by atoms with Crippen molar-refractivity contribution < 1.29 is 5.11 Å². The standard InChI is InChI=1S/C20H25N3O2S/c1-3-23(4-2)12-11-21-10-5-6-14-17(24)8-7-16-18(14)15-9-13-26-19(15)20(25)22-16/h5-9,13,21,24H,3-4,10-12H2,1-2H3,(H,22,25)/b6-5+. The molecule has 0 atom stereocenters. The monoisotopic (exact) mass is 371 g/mol. The second-order valence-corrected chi connectivity index (χ2v) is 7.09. The molecule has 0 amide bonds. The number of hydrogen-bond donors (Lipinski definition) is 3. The van der Waals surface area contributed by atoms with Gasteiger partial charge in [-0.2, -0.15) is 0 Å². The number of phenols is 1. The number of nitrogens with zero attached hydrogens (tertiary/aromatic N) is 1. The number of nitrogens with one attached hydrogen (secondary N) is 2. The number of fused-ring (bicyclic) bond motifs is 3. The fourth-order valence-electron chi connectivity index (χ4n) is 3.17. The molecule has 3 rings (SSSR count). The van der Waals surface area contributed by atoms with E-state index in [0.29, 0.717) is 4.70 Å². The third-order valence-corrected chi connectivity index (χ3v) is 5.57. The van der Waals surface area contributed by atoms with Gasteiger partial charge in [-0.05, 0) is 36.7 Å². The van der Waals surface area contributed by atoms with E-state index in [0.717, 1.165) is 54.6 Å². The third kappa shape index (κ3) is 3.82. The van der Waals surface area contributed by atoms with Crippen molar-refractivity contribution in [2.45, 2.75) is 13.8 Å². The van der Waals surface area contributed by atoms with Gasteiger partial charge >= 0.3 is 0 Å². The van der Waals surface area contributed by atoms with Crippen molar-refractivity contribution in [2.24, 2.45) is 0 Å². The summed E-state index contributed by atoms with van der Waals surface area (Å²) in [5, 5.41) is 17.4. The Morgan fingerprint density at radius 3 is 2.85 bits per heavy atom. The van der Waals surface area contributed by atoms with E-state index in [-0.39, 0.29) is 11.3 Å². The zero-order valence-electron chi connectivity index (χ0n) is 15.2. The molecule has 26 heavy (non-hydrogen) atoms. The molecule has 6 heteroatoms. The maximum absolute atomic E-state index is 12.1. The average molecular weight is 372 g/mol. The normalized spacial score (nSPS) is 12.1. The number of thiophene rings is 1. The third-order valence-electron chi connectivity index (χ3n) is 4.66. The Bertz CT molecular complexity index is 970. The summed E-state index contributed by atoms with van der Waals surface area (Å²) in [7, 11) is 0. The Morgan fingerprint density at radius 2 is 2.08 bits per heavy atom. The molecule has 0 aliphatic carbocycles. The van der Waals surface area contributed by atoms with E-state index in [2.05, 4.69) is 29.0 Å². The summed E-state index contributed by atoms with van der Waals surface area (Å²) in [6.07, 6.45) is 3.94. The van der Waals surface area contributed by atoms with Crippen molar-refractivity contribution in [3.63, 3.8) is 0 Å². The lowest BCUT2D eigenvalue weighted by Crippen LogP contribution is -2.31.